The summed E-state index contributed by atoms with van der Waals surface area (Å²) in [4.78, 5) is 7.24. The Hall–Kier alpha value is -6.33. The van der Waals surface area contributed by atoms with Crippen LogP contribution < -0.4 is 15.0 Å². The van der Waals surface area contributed by atoms with E-state index in [2.05, 4.69) is 238 Å². The molecular formula is C60H68N4O. The van der Waals surface area contributed by atoms with Gasteiger partial charge in [0.1, 0.15) is 17.3 Å². The molecule has 0 aliphatic heterocycles. The molecule has 2 aromatic heterocycles. The summed E-state index contributed by atoms with van der Waals surface area (Å²) in [6.07, 6.45) is 4.04. The number of hydrogen-bond donors (Lipinski definition) is 1. The lowest BCUT2D eigenvalue weighted by atomic mass is 9.77. The molecule has 0 spiro atoms. The summed E-state index contributed by atoms with van der Waals surface area (Å²) in [5, 5.41) is 6.28. The van der Waals surface area contributed by atoms with Crippen LogP contribution in [0.4, 0.5) is 22.7 Å². The van der Waals surface area contributed by atoms with Gasteiger partial charge in [0, 0.05) is 47.5 Å². The second kappa shape index (κ2) is 17.2. The van der Waals surface area contributed by atoms with E-state index in [0.717, 1.165) is 63.9 Å². The smallest absolute Gasteiger partial charge is 0.137 e. The monoisotopic (exact) mass is 861 g/mol. The normalized spacial score (nSPS) is 12.5. The van der Waals surface area contributed by atoms with Crippen LogP contribution in [-0.2, 0) is 21.7 Å². The summed E-state index contributed by atoms with van der Waals surface area (Å²) in [7, 11) is 2.16. The van der Waals surface area contributed by atoms with Crippen molar-refractivity contribution >= 4 is 44.6 Å². The minimum atomic E-state index is -0.0275. The molecule has 0 bridgehead atoms. The predicted octanol–water partition coefficient (Wildman–Crippen LogP) is 17.1. The molecule has 0 aliphatic carbocycles. The van der Waals surface area contributed by atoms with E-state index in [4.69, 9.17) is 9.72 Å². The number of rotatable bonds is 11. The van der Waals surface area contributed by atoms with Gasteiger partial charge in [-0.3, -0.25) is 4.57 Å². The second-order valence-corrected chi connectivity index (χ2v) is 21.3. The maximum atomic E-state index is 6.82. The fourth-order valence-electron chi connectivity index (χ4n) is 8.85. The first-order valence-electron chi connectivity index (χ1n) is 23.5. The highest BCUT2D eigenvalue weighted by Crippen LogP contribution is 2.43. The summed E-state index contributed by atoms with van der Waals surface area (Å²) in [6, 6.07) is 50.7. The minimum absolute atomic E-state index is 0.0152. The quantitative estimate of drug-likeness (QED) is 0.141. The molecule has 2 heterocycles. The van der Waals surface area contributed by atoms with Crippen LogP contribution in [0.5, 0.6) is 11.5 Å². The van der Waals surface area contributed by atoms with Crippen molar-refractivity contribution in [1.29, 1.82) is 0 Å². The molecule has 8 rings (SSSR count). The summed E-state index contributed by atoms with van der Waals surface area (Å²) in [5.41, 5.74) is 14.0. The Bertz CT molecular complexity index is 2990. The lowest BCUT2D eigenvalue weighted by molar-refractivity contribution is 0.439. The van der Waals surface area contributed by atoms with E-state index in [1.54, 1.807) is 0 Å². The lowest BCUT2D eigenvalue weighted by Gasteiger charge is -2.31. The molecule has 0 unspecified atom stereocenters. The van der Waals surface area contributed by atoms with Gasteiger partial charge in [0.05, 0.1) is 22.4 Å². The van der Waals surface area contributed by atoms with Gasteiger partial charge in [0.15, 0.2) is 0 Å². The van der Waals surface area contributed by atoms with Crippen LogP contribution in [0.15, 0.2) is 146 Å². The summed E-state index contributed by atoms with van der Waals surface area (Å²) < 4.78 is 9.12. The summed E-state index contributed by atoms with van der Waals surface area (Å²) in [6.45, 7) is 27.4. The number of nitrogens with one attached hydrogen (secondary N) is 1. The van der Waals surface area contributed by atoms with Gasteiger partial charge >= 0.3 is 0 Å². The van der Waals surface area contributed by atoms with Gasteiger partial charge < -0.3 is 15.0 Å². The molecule has 0 amide bonds. The highest BCUT2D eigenvalue weighted by molar-refractivity contribution is 6.09. The van der Waals surface area contributed by atoms with E-state index in [1.807, 2.05) is 12.3 Å². The van der Waals surface area contributed by atoms with Crippen LogP contribution >= 0.6 is 0 Å². The average molecular weight is 861 g/mol. The van der Waals surface area contributed by atoms with E-state index in [9.17, 15) is 0 Å². The molecule has 0 atom stereocenters. The largest absolute Gasteiger partial charge is 0.457 e. The first-order chi connectivity index (χ1) is 30.8. The zero-order chi connectivity index (χ0) is 46.5. The molecule has 0 saturated heterocycles. The molecule has 0 radical (unpaired) electrons. The molecular weight excluding hydrogens is 793 g/mol. The van der Waals surface area contributed by atoms with E-state index in [-0.39, 0.29) is 21.7 Å². The van der Waals surface area contributed by atoms with Crippen molar-refractivity contribution in [2.45, 2.75) is 118 Å². The van der Waals surface area contributed by atoms with Crippen LogP contribution in [0.3, 0.4) is 0 Å². The van der Waals surface area contributed by atoms with Crippen molar-refractivity contribution in [3.8, 4) is 28.4 Å². The molecule has 0 saturated carbocycles. The Morgan fingerprint density at radius 3 is 1.91 bits per heavy atom. The van der Waals surface area contributed by atoms with E-state index < -0.39 is 0 Å². The van der Waals surface area contributed by atoms with Gasteiger partial charge in [-0.05, 0) is 141 Å². The van der Waals surface area contributed by atoms with Gasteiger partial charge in [-0.25, -0.2) is 4.98 Å². The Balaban J connectivity index is 1.19. The molecule has 0 fully saturated rings. The van der Waals surface area contributed by atoms with Crippen molar-refractivity contribution in [1.82, 2.24) is 9.55 Å². The number of benzene rings is 6. The standard InChI is InChI=1S/C60H68N4O/c1-14-60(12,15-2)44-24-28-52(62-46-33-41(40-20-17-16-18-21-40)32-45(34-46)59(9,10)11)55(36-44)63(13)47-22-19-23-48(38-47)65-49-26-27-50-51-35-42(57(3,4)5)25-29-53(51)64(54(50)39-49)56-37-43(30-31-61-56)58(6,7)8/h16-39,62H,14-15H2,1-13H3. The number of anilines is 4. The Morgan fingerprint density at radius 2 is 1.22 bits per heavy atom. The Kier molecular flexibility index (Phi) is 12.0. The van der Waals surface area contributed by atoms with Gasteiger partial charge in [0.25, 0.3) is 0 Å². The highest BCUT2D eigenvalue weighted by atomic mass is 16.5. The van der Waals surface area contributed by atoms with E-state index in [1.165, 1.54) is 44.2 Å². The third-order valence-corrected chi connectivity index (χ3v) is 13.7. The van der Waals surface area contributed by atoms with Gasteiger partial charge in [-0.2, -0.15) is 0 Å². The maximum Gasteiger partial charge on any atom is 0.137 e. The van der Waals surface area contributed by atoms with Crippen LogP contribution in [0.2, 0.25) is 0 Å². The molecule has 65 heavy (non-hydrogen) atoms. The number of nitrogens with zero attached hydrogens (tertiary/aromatic N) is 3. The van der Waals surface area contributed by atoms with Crippen molar-refractivity contribution in [3.05, 3.63) is 168 Å². The van der Waals surface area contributed by atoms with E-state index >= 15 is 0 Å². The van der Waals surface area contributed by atoms with Gasteiger partial charge in [-0.15, -0.1) is 0 Å². The fraction of sp³-hybridized carbons (Fsp3) is 0.317. The van der Waals surface area contributed by atoms with E-state index in [0.29, 0.717) is 0 Å². The lowest BCUT2D eigenvalue weighted by Crippen LogP contribution is -2.21. The highest BCUT2D eigenvalue weighted by Gasteiger charge is 2.26. The Morgan fingerprint density at radius 1 is 0.538 bits per heavy atom. The van der Waals surface area contributed by atoms with Crippen molar-refractivity contribution in [2.24, 2.45) is 0 Å². The first kappa shape index (κ1) is 45.2. The minimum Gasteiger partial charge on any atom is -0.457 e. The topological polar surface area (TPSA) is 42.3 Å². The number of fused-ring (bicyclic) bond motifs is 3. The SMILES string of the molecule is CCC(C)(CC)c1ccc(Nc2cc(-c3ccccc3)cc(C(C)(C)C)c2)c(N(C)c2cccc(Oc3ccc4c5cc(C(C)(C)C)ccc5n(-c5cc(C(C)(C)C)ccn5)c4c3)c2)c1. The zero-order valence-electron chi connectivity index (χ0n) is 41.0. The molecule has 1 N–H and O–H groups in total. The average Bonchev–Trinajstić information content (AvgIpc) is 3.61. The summed E-state index contributed by atoms with van der Waals surface area (Å²) >= 11 is 0. The number of ether oxygens (including phenoxy) is 1. The zero-order valence-corrected chi connectivity index (χ0v) is 41.0. The van der Waals surface area contributed by atoms with Crippen LogP contribution in [-0.4, -0.2) is 16.6 Å². The number of hydrogen-bond acceptors (Lipinski definition) is 4. The molecule has 334 valence electrons. The van der Waals surface area contributed by atoms with Crippen molar-refractivity contribution in [2.75, 3.05) is 17.3 Å². The third kappa shape index (κ3) is 9.29. The number of pyridine rings is 1. The third-order valence-electron chi connectivity index (χ3n) is 13.7. The van der Waals surface area contributed by atoms with Crippen LogP contribution in [0, 0.1) is 0 Å². The van der Waals surface area contributed by atoms with Crippen LogP contribution in [0.1, 0.15) is 118 Å². The maximum absolute atomic E-state index is 6.82. The first-order valence-corrected chi connectivity index (χ1v) is 23.5. The molecule has 0 aliphatic rings. The van der Waals surface area contributed by atoms with Crippen LogP contribution in [0.25, 0.3) is 38.8 Å². The second-order valence-electron chi connectivity index (χ2n) is 21.3. The van der Waals surface area contributed by atoms with Crippen molar-refractivity contribution < 1.29 is 4.74 Å². The summed E-state index contributed by atoms with van der Waals surface area (Å²) in [5.74, 6) is 2.43. The van der Waals surface area contributed by atoms with Gasteiger partial charge in [-0.1, -0.05) is 138 Å². The van der Waals surface area contributed by atoms with Crippen molar-refractivity contribution in [3.63, 3.8) is 0 Å². The van der Waals surface area contributed by atoms with Gasteiger partial charge in [0.2, 0.25) is 0 Å². The molecule has 8 aromatic rings. The fourth-order valence-corrected chi connectivity index (χ4v) is 8.85. The Labute approximate surface area is 388 Å². The molecule has 6 aromatic carbocycles. The number of aromatic nitrogens is 2. The molecule has 5 heteroatoms. The molecule has 5 nitrogen and oxygen atoms in total. The predicted molar refractivity (Wildman–Crippen MR) is 279 cm³/mol.